The van der Waals surface area contributed by atoms with Gasteiger partial charge in [0.1, 0.15) is 0 Å². The van der Waals surface area contributed by atoms with Crippen molar-refractivity contribution in [1.29, 1.82) is 0 Å². The second kappa shape index (κ2) is 10.9. The molecule has 1 heterocycles. The van der Waals surface area contributed by atoms with E-state index in [1.807, 2.05) is 44.2 Å². The molecule has 8 nitrogen and oxygen atoms in total. The first-order valence-electron chi connectivity index (χ1n) is 11.1. The Morgan fingerprint density at radius 2 is 1.71 bits per heavy atom. The Bertz CT molecular complexity index is 1160. The van der Waals surface area contributed by atoms with Gasteiger partial charge in [0.25, 0.3) is 15.9 Å². The minimum atomic E-state index is -4.15. The van der Waals surface area contributed by atoms with E-state index in [2.05, 4.69) is 5.32 Å². The standard InChI is InChI=1S/C25H32N2O6S/c1-17(2)33-13-9-12-26-25(28)24-18(3)20-14-22(31-4)23(32-5)15-21(20)27(34(24,29)30)16-19-10-7-6-8-11-19/h6-8,10-11,14-15,17H,9,12-13,16H2,1-5H3,(H,26,28). The fourth-order valence-electron chi connectivity index (χ4n) is 3.81. The topological polar surface area (TPSA) is 94.2 Å². The van der Waals surface area contributed by atoms with Gasteiger partial charge in [-0.1, -0.05) is 30.3 Å². The predicted octanol–water partition coefficient (Wildman–Crippen LogP) is 3.72. The van der Waals surface area contributed by atoms with Crippen molar-refractivity contribution in [3.8, 4) is 11.5 Å². The summed E-state index contributed by atoms with van der Waals surface area (Å²) in [7, 11) is -1.15. The van der Waals surface area contributed by atoms with Gasteiger partial charge in [-0.15, -0.1) is 0 Å². The van der Waals surface area contributed by atoms with Crippen LogP contribution in [0.2, 0.25) is 0 Å². The first kappa shape index (κ1) is 25.6. The zero-order valence-electron chi connectivity index (χ0n) is 20.3. The van der Waals surface area contributed by atoms with Gasteiger partial charge in [-0.05, 0) is 44.4 Å². The highest BCUT2D eigenvalue weighted by Crippen LogP contribution is 2.45. The molecule has 0 aliphatic carbocycles. The molecule has 9 heteroatoms. The summed E-state index contributed by atoms with van der Waals surface area (Å²) in [5.41, 5.74) is 2.17. The minimum absolute atomic E-state index is 0.0674. The maximum Gasteiger partial charge on any atom is 0.270 e. The van der Waals surface area contributed by atoms with Crippen molar-refractivity contribution >= 4 is 27.2 Å². The number of hydrogen-bond donors (Lipinski definition) is 1. The molecule has 1 amide bonds. The van der Waals surface area contributed by atoms with Gasteiger partial charge in [-0.25, -0.2) is 8.42 Å². The summed E-state index contributed by atoms with van der Waals surface area (Å²) in [6.45, 7) is 6.35. The molecule has 0 spiro atoms. The Kier molecular flexibility index (Phi) is 8.22. The highest BCUT2D eigenvalue weighted by Gasteiger charge is 2.40. The molecule has 1 aliphatic rings. The molecule has 0 atom stereocenters. The Morgan fingerprint density at radius 3 is 2.32 bits per heavy atom. The van der Waals surface area contributed by atoms with Crippen molar-refractivity contribution in [3.05, 3.63) is 58.5 Å². The molecule has 0 aromatic heterocycles. The molecule has 3 rings (SSSR count). The maximum atomic E-state index is 13.8. The number of carbonyl (C=O) groups is 1. The molecule has 1 aliphatic heterocycles. The lowest BCUT2D eigenvalue weighted by Crippen LogP contribution is -2.41. The number of fused-ring (bicyclic) bond motifs is 1. The van der Waals surface area contributed by atoms with Crippen LogP contribution in [-0.2, 0) is 26.1 Å². The fourth-order valence-corrected chi connectivity index (χ4v) is 5.56. The van der Waals surface area contributed by atoms with E-state index >= 15 is 0 Å². The molecular weight excluding hydrogens is 456 g/mol. The zero-order valence-corrected chi connectivity index (χ0v) is 21.1. The van der Waals surface area contributed by atoms with E-state index in [9.17, 15) is 13.2 Å². The molecule has 0 unspecified atom stereocenters. The Hall–Kier alpha value is -3.04. The van der Waals surface area contributed by atoms with E-state index in [1.165, 1.54) is 18.5 Å². The molecule has 0 saturated heterocycles. The van der Waals surface area contributed by atoms with Crippen molar-refractivity contribution in [3.63, 3.8) is 0 Å². The van der Waals surface area contributed by atoms with Crippen LogP contribution < -0.4 is 19.1 Å². The third-order valence-electron chi connectivity index (χ3n) is 5.50. The van der Waals surface area contributed by atoms with E-state index in [4.69, 9.17) is 14.2 Å². The van der Waals surface area contributed by atoms with E-state index in [1.54, 1.807) is 19.1 Å². The highest BCUT2D eigenvalue weighted by molar-refractivity contribution is 7.97. The van der Waals surface area contributed by atoms with E-state index < -0.39 is 15.9 Å². The summed E-state index contributed by atoms with van der Waals surface area (Å²) in [5, 5.41) is 2.74. The number of nitrogens with zero attached hydrogens (tertiary/aromatic N) is 1. The predicted molar refractivity (Wildman–Crippen MR) is 132 cm³/mol. The first-order valence-corrected chi connectivity index (χ1v) is 12.6. The van der Waals surface area contributed by atoms with Gasteiger partial charge in [0, 0.05) is 24.8 Å². The summed E-state index contributed by atoms with van der Waals surface area (Å²) in [6, 6.07) is 12.6. The monoisotopic (exact) mass is 488 g/mol. The second-order valence-electron chi connectivity index (χ2n) is 8.20. The largest absolute Gasteiger partial charge is 0.493 e. The van der Waals surface area contributed by atoms with Crippen LogP contribution in [0.15, 0.2) is 47.4 Å². The van der Waals surface area contributed by atoms with Gasteiger partial charge < -0.3 is 19.5 Å². The number of hydrogen-bond acceptors (Lipinski definition) is 6. The van der Waals surface area contributed by atoms with Crippen LogP contribution in [-0.4, -0.2) is 47.8 Å². The van der Waals surface area contributed by atoms with Crippen molar-refractivity contribution in [2.75, 3.05) is 31.7 Å². The average Bonchev–Trinajstić information content (AvgIpc) is 2.81. The molecule has 0 radical (unpaired) electrons. The van der Waals surface area contributed by atoms with Crippen LogP contribution in [0, 0.1) is 0 Å². The van der Waals surface area contributed by atoms with Crippen molar-refractivity contribution in [2.45, 2.75) is 39.8 Å². The number of rotatable bonds is 10. The van der Waals surface area contributed by atoms with Crippen LogP contribution in [0.5, 0.6) is 11.5 Å². The number of amides is 1. The van der Waals surface area contributed by atoms with Gasteiger partial charge in [0.2, 0.25) is 0 Å². The number of benzene rings is 2. The van der Waals surface area contributed by atoms with Crippen LogP contribution >= 0.6 is 0 Å². The third kappa shape index (κ3) is 5.37. The van der Waals surface area contributed by atoms with Crippen LogP contribution in [0.1, 0.15) is 38.3 Å². The van der Waals surface area contributed by atoms with Crippen molar-refractivity contribution in [1.82, 2.24) is 5.32 Å². The van der Waals surface area contributed by atoms with Gasteiger partial charge in [0.15, 0.2) is 16.4 Å². The number of sulfonamides is 1. The summed E-state index contributed by atoms with van der Waals surface area (Å²) < 4.78 is 45.1. The number of nitrogens with one attached hydrogen (secondary N) is 1. The van der Waals surface area contributed by atoms with Crippen LogP contribution in [0.3, 0.4) is 0 Å². The number of ether oxygens (including phenoxy) is 3. The lowest BCUT2D eigenvalue weighted by molar-refractivity contribution is -0.116. The Balaban J connectivity index is 2.04. The number of carbonyl (C=O) groups excluding carboxylic acids is 1. The number of allylic oxidation sites excluding steroid dienone is 1. The minimum Gasteiger partial charge on any atom is -0.493 e. The molecule has 1 N–H and O–H groups in total. The molecule has 0 bridgehead atoms. The molecule has 0 fully saturated rings. The highest BCUT2D eigenvalue weighted by atomic mass is 32.2. The second-order valence-corrected chi connectivity index (χ2v) is 10.0. The van der Waals surface area contributed by atoms with Gasteiger partial charge >= 0.3 is 0 Å². The maximum absolute atomic E-state index is 13.8. The molecule has 184 valence electrons. The summed E-state index contributed by atoms with van der Waals surface area (Å²) in [6.07, 6.45) is 0.667. The van der Waals surface area contributed by atoms with Gasteiger partial charge in [-0.2, -0.15) is 0 Å². The van der Waals surface area contributed by atoms with Crippen LogP contribution in [0.4, 0.5) is 5.69 Å². The first-order chi connectivity index (χ1) is 16.2. The number of anilines is 1. The molecule has 34 heavy (non-hydrogen) atoms. The van der Waals surface area contributed by atoms with E-state index in [0.717, 1.165) is 5.56 Å². The summed E-state index contributed by atoms with van der Waals surface area (Å²) in [4.78, 5) is 12.9. The number of methoxy groups -OCH3 is 2. The third-order valence-corrected chi connectivity index (χ3v) is 7.41. The smallest absolute Gasteiger partial charge is 0.270 e. The van der Waals surface area contributed by atoms with Crippen molar-refractivity contribution < 1.29 is 27.4 Å². The molecule has 2 aromatic carbocycles. The van der Waals surface area contributed by atoms with Gasteiger partial charge in [0.05, 0.1) is 32.6 Å². The lowest BCUT2D eigenvalue weighted by atomic mass is 10.0. The van der Waals surface area contributed by atoms with E-state index in [0.29, 0.717) is 47.9 Å². The van der Waals surface area contributed by atoms with E-state index in [-0.39, 0.29) is 17.6 Å². The zero-order chi connectivity index (χ0) is 24.9. The quantitative estimate of drug-likeness (QED) is 0.513. The Labute approximate surface area is 201 Å². The Morgan fingerprint density at radius 1 is 1.06 bits per heavy atom. The molecular formula is C25H32N2O6S. The average molecular weight is 489 g/mol. The molecule has 0 saturated carbocycles. The van der Waals surface area contributed by atoms with Gasteiger partial charge in [-0.3, -0.25) is 9.10 Å². The van der Waals surface area contributed by atoms with Crippen LogP contribution in [0.25, 0.3) is 5.57 Å². The summed E-state index contributed by atoms with van der Waals surface area (Å²) in [5.74, 6) is 0.214. The normalized spacial score (nSPS) is 14.7. The molecule has 2 aromatic rings. The summed E-state index contributed by atoms with van der Waals surface area (Å²) >= 11 is 0. The fraction of sp³-hybridized carbons (Fsp3) is 0.400. The van der Waals surface area contributed by atoms with Crippen molar-refractivity contribution in [2.24, 2.45) is 0 Å². The SMILES string of the molecule is COc1cc2c(cc1OC)N(Cc1ccccc1)S(=O)(=O)C(C(=O)NCCCOC(C)C)=C2C. The lowest BCUT2D eigenvalue weighted by Gasteiger charge is -2.33.